The zero-order valence-corrected chi connectivity index (χ0v) is 20.9. The number of rotatable bonds is 8. The average Bonchev–Trinajstić information content (AvgIpc) is 2.71. The summed E-state index contributed by atoms with van der Waals surface area (Å²) in [7, 11) is -1.34. The first-order valence-corrected chi connectivity index (χ1v) is 11.8. The van der Waals surface area contributed by atoms with E-state index in [1.54, 1.807) is 25.5 Å². The van der Waals surface area contributed by atoms with Gasteiger partial charge in [-0.15, -0.1) is 24.0 Å². The lowest BCUT2D eigenvalue weighted by atomic mass is 10.2. The van der Waals surface area contributed by atoms with E-state index in [-0.39, 0.29) is 41.7 Å². The van der Waals surface area contributed by atoms with Gasteiger partial charge in [0, 0.05) is 70.9 Å². The number of amides is 1. The molecular weight excluding hydrogens is 521 g/mol. The molecule has 12 heteroatoms. The highest BCUT2D eigenvalue weighted by atomic mass is 127. The summed E-state index contributed by atoms with van der Waals surface area (Å²) in [4.78, 5) is 29.0. The summed E-state index contributed by atoms with van der Waals surface area (Å²) in [5, 5.41) is 6.26. The second kappa shape index (κ2) is 12.9. The molecule has 2 heterocycles. The highest BCUT2D eigenvalue weighted by Gasteiger charge is 2.22. The van der Waals surface area contributed by atoms with E-state index < -0.39 is 9.84 Å². The summed E-state index contributed by atoms with van der Waals surface area (Å²) < 4.78 is 22.5. The van der Waals surface area contributed by atoms with Crippen LogP contribution < -0.4 is 15.5 Å². The molecule has 0 aromatic carbocycles. The third-order valence-corrected chi connectivity index (χ3v) is 5.60. The predicted octanol–water partition coefficient (Wildman–Crippen LogP) is 0.122. The maximum atomic E-state index is 12.5. The van der Waals surface area contributed by atoms with Crippen molar-refractivity contribution in [1.82, 2.24) is 25.5 Å². The quantitative estimate of drug-likeness (QED) is 0.265. The number of piperazine rings is 1. The fraction of sp³-hybridized carbons (Fsp3) is 0.667. The molecule has 1 aromatic rings. The fourth-order valence-electron chi connectivity index (χ4n) is 2.95. The predicted molar refractivity (Wildman–Crippen MR) is 129 cm³/mol. The lowest BCUT2D eigenvalue weighted by Gasteiger charge is -2.34. The second-order valence-corrected chi connectivity index (χ2v) is 9.39. The van der Waals surface area contributed by atoms with Crippen LogP contribution in [0.4, 0.5) is 5.95 Å². The summed E-state index contributed by atoms with van der Waals surface area (Å²) in [5.41, 5.74) is 0. The summed E-state index contributed by atoms with van der Waals surface area (Å²) in [6, 6.07) is 1.74. The zero-order chi connectivity index (χ0) is 21.3. The fourth-order valence-corrected chi connectivity index (χ4v) is 3.73. The second-order valence-electron chi connectivity index (χ2n) is 7.13. The highest BCUT2D eigenvalue weighted by Crippen LogP contribution is 2.10. The molecule has 1 aliphatic heterocycles. The summed E-state index contributed by atoms with van der Waals surface area (Å²) in [6.45, 7) is 5.08. The Bertz CT molecular complexity index is 784. The number of anilines is 1. The molecule has 1 saturated heterocycles. The van der Waals surface area contributed by atoms with Crippen LogP contribution in [-0.4, -0.2) is 93.0 Å². The molecule has 2 N–H and O–H groups in total. The van der Waals surface area contributed by atoms with Crippen LogP contribution in [0.15, 0.2) is 23.5 Å². The Morgan fingerprint density at radius 3 is 2.43 bits per heavy atom. The minimum atomic E-state index is -2.99. The topological polar surface area (TPSA) is 120 Å². The third kappa shape index (κ3) is 9.41. The molecule has 0 bridgehead atoms. The Labute approximate surface area is 195 Å². The Balaban J connectivity index is 0.00000450. The molecule has 10 nitrogen and oxygen atoms in total. The smallest absolute Gasteiger partial charge is 0.225 e. The Morgan fingerprint density at radius 2 is 1.87 bits per heavy atom. The van der Waals surface area contributed by atoms with Gasteiger partial charge in [0.25, 0.3) is 0 Å². The van der Waals surface area contributed by atoms with Gasteiger partial charge in [0.15, 0.2) is 5.96 Å². The molecule has 1 unspecified atom stereocenters. The molecule has 0 aliphatic carbocycles. The van der Waals surface area contributed by atoms with Gasteiger partial charge >= 0.3 is 0 Å². The van der Waals surface area contributed by atoms with Gasteiger partial charge < -0.3 is 20.4 Å². The summed E-state index contributed by atoms with van der Waals surface area (Å²) in [6.07, 6.45) is 5.52. The van der Waals surface area contributed by atoms with Crippen molar-refractivity contribution < 1.29 is 13.2 Å². The Kier molecular flexibility index (Phi) is 11.3. The van der Waals surface area contributed by atoms with Crippen molar-refractivity contribution in [2.45, 2.75) is 25.8 Å². The first-order chi connectivity index (χ1) is 13.8. The first-order valence-electron chi connectivity index (χ1n) is 9.73. The van der Waals surface area contributed by atoms with Crippen LogP contribution in [0.1, 0.15) is 19.8 Å². The molecule has 0 radical (unpaired) electrons. The number of halogens is 1. The van der Waals surface area contributed by atoms with Gasteiger partial charge in [0.1, 0.15) is 9.84 Å². The molecular formula is C18H32IN7O3S. The van der Waals surface area contributed by atoms with E-state index in [9.17, 15) is 13.2 Å². The normalized spacial score (nSPS) is 15.9. The van der Waals surface area contributed by atoms with Crippen molar-refractivity contribution in [2.75, 3.05) is 56.7 Å². The minimum absolute atomic E-state index is 0. The van der Waals surface area contributed by atoms with Crippen molar-refractivity contribution in [3.8, 4) is 0 Å². The van der Waals surface area contributed by atoms with E-state index in [0.29, 0.717) is 57.5 Å². The molecule has 1 aliphatic rings. The Morgan fingerprint density at radius 1 is 1.23 bits per heavy atom. The van der Waals surface area contributed by atoms with Crippen LogP contribution in [0.5, 0.6) is 0 Å². The molecule has 2 rings (SSSR count). The number of sulfone groups is 1. The number of aliphatic imine (C=N–C) groups is 1. The van der Waals surface area contributed by atoms with Gasteiger partial charge in [-0.3, -0.25) is 9.79 Å². The first kappa shape index (κ1) is 26.3. The van der Waals surface area contributed by atoms with E-state index in [1.807, 2.05) is 11.8 Å². The third-order valence-electron chi connectivity index (χ3n) is 4.63. The molecule has 1 fully saturated rings. The highest BCUT2D eigenvalue weighted by molar-refractivity contribution is 14.0. The maximum absolute atomic E-state index is 12.5. The van der Waals surface area contributed by atoms with E-state index >= 15 is 0 Å². The van der Waals surface area contributed by atoms with Crippen molar-refractivity contribution in [3.63, 3.8) is 0 Å². The Hall–Kier alpha value is -1.70. The number of hydrogen-bond donors (Lipinski definition) is 2. The maximum Gasteiger partial charge on any atom is 0.225 e. The van der Waals surface area contributed by atoms with Crippen molar-refractivity contribution >= 4 is 51.6 Å². The van der Waals surface area contributed by atoms with E-state index in [2.05, 4.69) is 30.5 Å². The van der Waals surface area contributed by atoms with Crippen LogP contribution in [0.3, 0.4) is 0 Å². The van der Waals surface area contributed by atoms with Gasteiger partial charge in [0.2, 0.25) is 11.9 Å². The molecule has 1 amide bonds. The number of carbonyl (C=O) groups excluding carboxylic acids is 1. The van der Waals surface area contributed by atoms with E-state index in [1.165, 1.54) is 6.26 Å². The lowest BCUT2D eigenvalue weighted by molar-refractivity contribution is -0.131. The standard InChI is InChI=1S/C18H31N7O3S.HI/c1-15(6-14-29(3,27)28)23-17(19-2)20-9-5-16(26)24-10-12-25(13-11-24)18-21-7-4-8-22-18;/h4,7-8,15H,5-6,9-14H2,1-3H3,(H2,19,20,23);1H. The average molecular weight is 553 g/mol. The summed E-state index contributed by atoms with van der Waals surface area (Å²) in [5.74, 6) is 1.47. The zero-order valence-electron chi connectivity index (χ0n) is 17.7. The number of hydrogen-bond acceptors (Lipinski definition) is 7. The van der Waals surface area contributed by atoms with Crippen LogP contribution in [0.2, 0.25) is 0 Å². The number of aromatic nitrogens is 2. The molecule has 1 atom stereocenters. The van der Waals surface area contributed by atoms with E-state index in [0.717, 1.165) is 0 Å². The largest absolute Gasteiger partial charge is 0.356 e. The van der Waals surface area contributed by atoms with Gasteiger partial charge in [-0.25, -0.2) is 18.4 Å². The molecule has 0 saturated carbocycles. The van der Waals surface area contributed by atoms with Crippen molar-refractivity contribution in [1.29, 1.82) is 0 Å². The van der Waals surface area contributed by atoms with Crippen LogP contribution in [0, 0.1) is 0 Å². The van der Waals surface area contributed by atoms with Crippen LogP contribution in [0.25, 0.3) is 0 Å². The number of nitrogens with zero attached hydrogens (tertiary/aromatic N) is 5. The van der Waals surface area contributed by atoms with Crippen molar-refractivity contribution in [3.05, 3.63) is 18.5 Å². The van der Waals surface area contributed by atoms with Crippen LogP contribution >= 0.6 is 24.0 Å². The lowest BCUT2D eigenvalue weighted by Crippen LogP contribution is -2.50. The van der Waals surface area contributed by atoms with Gasteiger partial charge in [-0.05, 0) is 19.4 Å². The number of carbonyl (C=O) groups is 1. The van der Waals surface area contributed by atoms with Gasteiger partial charge in [-0.2, -0.15) is 0 Å². The molecule has 1 aromatic heterocycles. The van der Waals surface area contributed by atoms with Crippen LogP contribution in [-0.2, 0) is 14.6 Å². The van der Waals surface area contributed by atoms with E-state index in [4.69, 9.17) is 0 Å². The molecule has 0 spiro atoms. The molecule has 170 valence electrons. The molecule has 30 heavy (non-hydrogen) atoms. The number of guanidine groups is 1. The van der Waals surface area contributed by atoms with Crippen molar-refractivity contribution in [2.24, 2.45) is 4.99 Å². The number of nitrogens with one attached hydrogen (secondary N) is 2. The SMILES string of the molecule is CN=C(NCCC(=O)N1CCN(c2ncccn2)CC1)NC(C)CCS(C)(=O)=O.I. The monoisotopic (exact) mass is 553 g/mol. The van der Waals surface area contributed by atoms with Gasteiger partial charge in [-0.1, -0.05) is 0 Å². The minimum Gasteiger partial charge on any atom is -0.356 e. The van der Waals surface area contributed by atoms with Gasteiger partial charge in [0.05, 0.1) is 5.75 Å². The summed E-state index contributed by atoms with van der Waals surface area (Å²) >= 11 is 0.